The molecule has 15 nitrogen and oxygen atoms in total. The number of aliphatic hydroxyl groups excluding tert-OH is 1. The van der Waals surface area contributed by atoms with Crippen LogP contribution in [0.2, 0.25) is 0 Å². The van der Waals surface area contributed by atoms with Crippen molar-refractivity contribution in [3.8, 4) is 0 Å². The van der Waals surface area contributed by atoms with Gasteiger partial charge in [-0.1, -0.05) is 0 Å². The third-order valence-corrected chi connectivity index (χ3v) is 2.61. The zero-order valence-electron chi connectivity index (χ0n) is 10.9. The van der Waals surface area contributed by atoms with E-state index in [1.807, 2.05) is 0 Å². The first-order chi connectivity index (χ1) is 10.3. The third-order valence-electron chi connectivity index (χ3n) is 2.61. The van der Waals surface area contributed by atoms with E-state index in [9.17, 15) is 35.4 Å². The normalized spacial score (nSPS) is 31.1. The number of methoxy groups -OCH3 is 1. The maximum absolute atomic E-state index is 10.4. The average molecular weight is 329 g/mol. The summed E-state index contributed by atoms with van der Waals surface area (Å²) in [6, 6.07) is 0. The number of nitrogens with zero attached hydrogens (tertiary/aromatic N) is 3. The van der Waals surface area contributed by atoms with Crippen LogP contribution in [-0.4, -0.2) is 64.8 Å². The fourth-order valence-electron chi connectivity index (χ4n) is 1.79. The van der Waals surface area contributed by atoms with Crippen molar-refractivity contribution in [2.24, 2.45) is 0 Å². The zero-order valence-corrected chi connectivity index (χ0v) is 10.9. The van der Waals surface area contributed by atoms with E-state index in [0.717, 1.165) is 7.11 Å². The number of rotatable bonds is 8. The van der Waals surface area contributed by atoms with Crippen LogP contribution in [0, 0.1) is 30.3 Å². The molecule has 1 aliphatic heterocycles. The lowest BCUT2D eigenvalue weighted by atomic mass is 9.99. The molecule has 1 rings (SSSR count). The van der Waals surface area contributed by atoms with Gasteiger partial charge in [-0.25, -0.2) is 0 Å². The molecule has 0 bridgehead atoms. The standard InChI is InChI=1S/C7H11N3O12/c1-18-7-6(22-10(16)17)4(11)5(21-9(14)15)3(20-7)2-19-8(12)13/h3-7,11H,2H2,1H3/t3-,4+,5-,6-,7+/m1/s1. The first kappa shape index (κ1) is 17.5. The van der Waals surface area contributed by atoms with Crippen molar-refractivity contribution in [3.63, 3.8) is 0 Å². The van der Waals surface area contributed by atoms with E-state index in [2.05, 4.69) is 14.5 Å². The number of ether oxygens (including phenoxy) is 2. The highest BCUT2D eigenvalue weighted by Crippen LogP contribution is 2.26. The Balaban J connectivity index is 2.94. The zero-order chi connectivity index (χ0) is 16.9. The van der Waals surface area contributed by atoms with E-state index in [1.54, 1.807) is 0 Å². The lowest BCUT2D eigenvalue weighted by Gasteiger charge is -2.41. The number of hydrogen-bond donors (Lipinski definition) is 1. The van der Waals surface area contributed by atoms with Crippen LogP contribution >= 0.6 is 0 Å². The molecule has 22 heavy (non-hydrogen) atoms. The van der Waals surface area contributed by atoms with E-state index < -0.39 is 52.6 Å². The van der Waals surface area contributed by atoms with Crippen molar-refractivity contribution in [1.29, 1.82) is 0 Å². The molecule has 0 saturated carbocycles. The van der Waals surface area contributed by atoms with Gasteiger partial charge in [0.05, 0.1) is 0 Å². The van der Waals surface area contributed by atoms with Crippen molar-refractivity contribution in [1.82, 2.24) is 0 Å². The van der Waals surface area contributed by atoms with Crippen molar-refractivity contribution >= 4 is 0 Å². The first-order valence-corrected chi connectivity index (χ1v) is 5.52. The van der Waals surface area contributed by atoms with Crippen LogP contribution in [0.1, 0.15) is 0 Å². The van der Waals surface area contributed by atoms with Gasteiger partial charge in [0.15, 0.2) is 18.5 Å². The number of hydrogen-bond acceptors (Lipinski definition) is 12. The predicted molar refractivity (Wildman–Crippen MR) is 58.4 cm³/mol. The predicted octanol–water partition coefficient (Wildman–Crippen LogP) is -1.92. The molecule has 0 aromatic heterocycles. The van der Waals surface area contributed by atoms with E-state index in [1.165, 1.54) is 0 Å². The van der Waals surface area contributed by atoms with E-state index >= 15 is 0 Å². The Hall–Kier alpha value is -2.52. The van der Waals surface area contributed by atoms with E-state index in [0.29, 0.717) is 0 Å². The molecule has 0 spiro atoms. The molecule has 1 aliphatic rings. The van der Waals surface area contributed by atoms with Crippen molar-refractivity contribution < 1.29 is 44.4 Å². The highest BCUT2D eigenvalue weighted by molar-refractivity contribution is 4.90. The Kier molecular flexibility index (Phi) is 5.96. The molecule has 0 amide bonds. The fraction of sp³-hybridized carbons (Fsp3) is 1.00. The molecule has 0 radical (unpaired) electrons. The van der Waals surface area contributed by atoms with Gasteiger partial charge in [-0.2, -0.15) is 0 Å². The molecule has 1 heterocycles. The minimum absolute atomic E-state index is 0.840. The topological polar surface area (TPSA) is 196 Å². The summed E-state index contributed by atoms with van der Waals surface area (Å²) in [4.78, 5) is 43.2. The molecule has 1 N–H and O–H groups in total. The maximum Gasteiger partial charge on any atom is 0.295 e. The summed E-state index contributed by atoms with van der Waals surface area (Å²) < 4.78 is 9.72. The maximum atomic E-state index is 10.4. The summed E-state index contributed by atoms with van der Waals surface area (Å²) in [6.07, 6.45) is -8.59. The van der Waals surface area contributed by atoms with Crippen molar-refractivity contribution in [2.45, 2.75) is 30.7 Å². The summed E-state index contributed by atoms with van der Waals surface area (Å²) in [5.74, 6) is 0. The van der Waals surface area contributed by atoms with Gasteiger partial charge in [-0.15, -0.1) is 30.3 Å². The smallest absolute Gasteiger partial charge is 0.295 e. The molecule has 0 aromatic carbocycles. The van der Waals surface area contributed by atoms with Crippen LogP contribution in [0.5, 0.6) is 0 Å². The van der Waals surface area contributed by atoms with Gasteiger partial charge in [0.25, 0.3) is 15.3 Å². The fourth-order valence-corrected chi connectivity index (χ4v) is 1.79. The molecular formula is C7H11N3O12. The van der Waals surface area contributed by atoms with Crippen molar-refractivity contribution in [3.05, 3.63) is 30.3 Å². The minimum atomic E-state index is -1.95. The second-order valence-electron chi connectivity index (χ2n) is 3.88. The lowest BCUT2D eigenvalue weighted by molar-refractivity contribution is -0.794. The first-order valence-electron chi connectivity index (χ1n) is 5.52. The molecule has 0 aliphatic carbocycles. The average Bonchev–Trinajstić information content (AvgIpc) is 2.41. The number of aliphatic hydroxyl groups is 1. The van der Waals surface area contributed by atoms with Crippen LogP contribution in [0.3, 0.4) is 0 Å². The summed E-state index contributed by atoms with van der Waals surface area (Å²) in [5, 5.41) is 37.1. The summed E-state index contributed by atoms with van der Waals surface area (Å²) in [5.41, 5.74) is 0. The molecule has 5 atom stereocenters. The van der Waals surface area contributed by atoms with Gasteiger partial charge < -0.3 is 29.1 Å². The highest BCUT2D eigenvalue weighted by atomic mass is 17.0. The SMILES string of the molecule is CO[C@H]1O[C@H](CO[N+](=O)[O-])[C@@H](O[N+](=O)[O-])[C@H](O)[C@H]1O[N+](=O)[O-]. The van der Waals surface area contributed by atoms with Crippen LogP contribution < -0.4 is 0 Å². The summed E-state index contributed by atoms with van der Waals surface area (Å²) in [6.45, 7) is -0.840. The lowest BCUT2D eigenvalue weighted by Crippen LogP contribution is -2.61. The van der Waals surface area contributed by atoms with Gasteiger partial charge in [0, 0.05) is 7.11 Å². The quantitative estimate of drug-likeness (QED) is 0.383. The molecule has 0 aromatic rings. The van der Waals surface area contributed by atoms with Gasteiger partial charge >= 0.3 is 0 Å². The van der Waals surface area contributed by atoms with Gasteiger partial charge in [0.2, 0.25) is 0 Å². The molecule has 15 heteroatoms. The molecule has 126 valence electrons. The highest BCUT2D eigenvalue weighted by Gasteiger charge is 2.50. The Labute approximate surface area is 120 Å². The monoisotopic (exact) mass is 329 g/mol. The van der Waals surface area contributed by atoms with Crippen LogP contribution in [0.15, 0.2) is 0 Å². The molecule has 1 fully saturated rings. The largest absolute Gasteiger partial charge is 0.388 e. The molecule has 1 saturated heterocycles. The Morgan fingerprint density at radius 3 is 2.05 bits per heavy atom. The van der Waals surface area contributed by atoms with Crippen LogP contribution in [0.4, 0.5) is 0 Å². The van der Waals surface area contributed by atoms with Gasteiger partial charge in [-0.3, -0.25) is 0 Å². The summed E-state index contributed by atoms with van der Waals surface area (Å²) in [7, 11) is 1.05. The molecular weight excluding hydrogens is 318 g/mol. The second-order valence-corrected chi connectivity index (χ2v) is 3.88. The Morgan fingerprint density at radius 1 is 1.05 bits per heavy atom. The van der Waals surface area contributed by atoms with E-state index in [-0.39, 0.29) is 0 Å². The van der Waals surface area contributed by atoms with Gasteiger partial charge in [0.1, 0.15) is 18.8 Å². The third kappa shape index (κ3) is 4.50. The van der Waals surface area contributed by atoms with Gasteiger partial charge in [-0.05, 0) is 0 Å². The minimum Gasteiger partial charge on any atom is -0.388 e. The summed E-state index contributed by atoms with van der Waals surface area (Å²) >= 11 is 0. The van der Waals surface area contributed by atoms with Crippen LogP contribution in [-0.2, 0) is 24.0 Å². The second kappa shape index (κ2) is 7.48. The van der Waals surface area contributed by atoms with E-state index in [4.69, 9.17) is 9.47 Å². The van der Waals surface area contributed by atoms with Crippen molar-refractivity contribution in [2.75, 3.05) is 13.7 Å². The Morgan fingerprint density at radius 2 is 1.59 bits per heavy atom. The molecule has 0 unspecified atom stereocenters. The van der Waals surface area contributed by atoms with Crippen LogP contribution in [0.25, 0.3) is 0 Å². The Bertz CT molecular complexity index is 429.